The molecule has 1 spiro atoms. The standard InChI is InChI=1S/C32H33N7O.C5H8.C4H7N.CH4OS/c1-21-6-5-7-23(14-21)9-12-33-25-10-13-35-31(40)28(25)30-36-26-16-24(15-22(2)29(26)37-30)38-17-32(18-38)19-39(20-32)27-8-3-4-11-34-27;1-3-5-4-2;1-3-4-5-2;1-3-2/h3-8,10-11,13-16H,9,12,17-20H2,1-2H3,(H,36,37)(H2,33,35,40);3-5H,1H2,2H3;3-4H,1H2,2H3;2H,1H3/b;5-4-;;. The number of hydrogen-bond donors (Lipinski definition) is 4. The highest BCUT2D eigenvalue weighted by molar-refractivity contribution is 7.93. The molecule has 4 N–H and O–H groups in total. The molecule has 2 fully saturated rings. The maximum Gasteiger partial charge on any atom is 0.261 e. The summed E-state index contributed by atoms with van der Waals surface area (Å²) in [5.41, 5.74) is 8.15. The monoisotopic (exact) mass is 732 g/mol. The molecule has 5 aromatic rings. The Morgan fingerprint density at radius 3 is 2.40 bits per heavy atom. The van der Waals surface area contributed by atoms with Gasteiger partial charge in [-0.15, -0.1) is 0 Å². The van der Waals surface area contributed by atoms with Crippen LogP contribution in [0.3, 0.4) is 0 Å². The molecular formula is C42H52N8O2S. The largest absolute Gasteiger partial charge is 0.384 e. The summed E-state index contributed by atoms with van der Waals surface area (Å²) in [6, 6.07) is 20.9. The van der Waals surface area contributed by atoms with E-state index in [-0.39, 0.29) is 5.56 Å². The quantitative estimate of drug-likeness (QED) is 0.0677. The highest BCUT2D eigenvalue weighted by atomic mass is 32.2. The van der Waals surface area contributed by atoms with E-state index in [1.54, 1.807) is 37.9 Å². The van der Waals surface area contributed by atoms with Crippen LogP contribution < -0.4 is 20.7 Å². The average Bonchev–Trinajstić information content (AvgIpc) is 3.54. The van der Waals surface area contributed by atoms with Crippen molar-refractivity contribution in [1.82, 2.24) is 19.9 Å². The van der Waals surface area contributed by atoms with Crippen LogP contribution in [0.25, 0.3) is 22.4 Å². The van der Waals surface area contributed by atoms with E-state index in [2.05, 4.69) is 105 Å². The predicted octanol–water partition coefficient (Wildman–Crippen LogP) is 8.36. The average molecular weight is 733 g/mol. The number of aliphatic imine (C=N–C) groups is 1. The van der Waals surface area contributed by atoms with E-state index < -0.39 is 0 Å². The zero-order valence-corrected chi connectivity index (χ0v) is 32.3. The zero-order chi connectivity index (χ0) is 38.2. The van der Waals surface area contributed by atoms with Crippen LogP contribution in [-0.4, -0.2) is 76.7 Å². The van der Waals surface area contributed by atoms with E-state index >= 15 is 0 Å². The number of anilines is 3. The molecule has 10 nitrogen and oxygen atoms in total. The van der Waals surface area contributed by atoms with E-state index in [1.807, 2.05) is 43.5 Å². The van der Waals surface area contributed by atoms with Gasteiger partial charge in [-0.05, 0) is 80.7 Å². The Labute approximate surface area is 317 Å². The summed E-state index contributed by atoms with van der Waals surface area (Å²) in [5, 5.41) is 3.47. The number of hydrogen-bond acceptors (Lipinski definition) is 9. The second-order valence-corrected chi connectivity index (χ2v) is 13.4. The number of aromatic nitrogens is 4. The highest BCUT2D eigenvalue weighted by Gasteiger charge is 2.52. The molecule has 0 amide bonds. The number of imidazole rings is 1. The Hall–Kier alpha value is -5.39. The molecule has 3 aromatic heterocycles. The second-order valence-electron chi connectivity index (χ2n) is 13.0. The first kappa shape index (κ1) is 40.4. The van der Waals surface area contributed by atoms with Crippen molar-refractivity contribution in [3.05, 3.63) is 138 Å². The van der Waals surface area contributed by atoms with Crippen LogP contribution in [0.1, 0.15) is 23.6 Å². The molecular weight excluding hydrogens is 681 g/mol. The third kappa shape index (κ3) is 10.8. The third-order valence-corrected chi connectivity index (χ3v) is 8.80. The van der Waals surface area contributed by atoms with Crippen LogP contribution in [0.2, 0.25) is 0 Å². The number of fused-ring (bicyclic) bond motifs is 1. The molecule has 2 aromatic carbocycles. The van der Waals surface area contributed by atoms with Gasteiger partial charge in [0, 0.05) is 75.7 Å². The van der Waals surface area contributed by atoms with Crippen molar-refractivity contribution < 1.29 is 4.55 Å². The molecule has 278 valence electrons. The van der Waals surface area contributed by atoms with Crippen molar-refractivity contribution in [2.24, 2.45) is 10.4 Å². The van der Waals surface area contributed by atoms with Crippen molar-refractivity contribution in [2.45, 2.75) is 27.2 Å². The summed E-state index contributed by atoms with van der Waals surface area (Å²) in [6.07, 6.45) is 14.9. The van der Waals surface area contributed by atoms with Gasteiger partial charge in [-0.2, -0.15) is 0 Å². The van der Waals surface area contributed by atoms with Crippen molar-refractivity contribution in [3.8, 4) is 11.4 Å². The van der Waals surface area contributed by atoms with Crippen molar-refractivity contribution in [2.75, 3.05) is 61.1 Å². The van der Waals surface area contributed by atoms with Crippen LogP contribution in [0.5, 0.6) is 0 Å². The summed E-state index contributed by atoms with van der Waals surface area (Å²) in [4.78, 5) is 37.0. The fourth-order valence-corrected chi connectivity index (χ4v) is 6.50. The van der Waals surface area contributed by atoms with Gasteiger partial charge in [0.05, 0.1) is 16.7 Å². The van der Waals surface area contributed by atoms with Gasteiger partial charge in [-0.25, -0.2) is 9.97 Å². The number of aromatic amines is 2. The van der Waals surface area contributed by atoms with E-state index in [0.29, 0.717) is 16.8 Å². The van der Waals surface area contributed by atoms with Crippen molar-refractivity contribution in [3.63, 3.8) is 0 Å². The Morgan fingerprint density at radius 2 is 1.79 bits per heavy atom. The Kier molecular flexibility index (Phi) is 15.2. The molecule has 2 saturated heterocycles. The van der Waals surface area contributed by atoms with Gasteiger partial charge in [0.2, 0.25) is 0 Å². The summed E-state index contributed by atoms with van der Waals surface area (Å²) >= 11 is 0.750. The van der Waals surface area contributed by atoms with Crippen LogP contribution in [0.4, 0.5) is 17.2 Å². The molecule has 2 aliphatic rings. The molecule has 7 rings (SSSR count). The lowest BCUT2D eigenvalue weighted by atomic mass is 9.72. The summed E-state index contributed by atoms with van der Waals surface area (Å²) in [5.74, 6) is 1.65. The lowest BCUT2D eigenvalue weighted by Crippen LogP contribution is -2.72. The lowest BCUT2D eigenvalue weighted by Gasteiger charge is -2.61. The highest BCUT2D eigenvalue weighted by Crippen LogP contribution is 2.44. The molecule has 53 heavy (non-hydrogen) atoms. The molecule has 11 heteroatoms. The number of aryl methyl sites for hydroxylation is 2. The molecule has 0 saturated carbocycles. The minimum absolute atomic E-state index is 0.162. The number of nitrogens with zero attached hydrogens (tertiary/aromatic N) is 5. The lowest BCUT2D eigenvalue weighted by molar-refractivity contribution is 0.156. The fourth-order valence-electron chi connectivity index (χ4n) is 6.50. The van der Waals surface area contributed by atoms with Gasteiger partial charge in [0.15, 0.2) is 0 Å². The topological polar surface area (TPSA) is 126 Å². The molecule has 0 atom stereocenters. The maximum atomic E-state index is 13.0. The molecule has 0 radical (unpaired) electrons. The van der Waals surface area contributed by atoms with Gasteiger partial charge in [-0.3, -0.25) is 9.79 Å². The SMILES string of the molecule is C=C/C=C\C.C=CC=NC.CSO.Cc1cccc(CCNc2cc[nH]c(=O)c2-c2nc3c(C)cc(N4CC5(C4)CN(c4ccccn4)C5)cc3[nH]2)c1. The van der Waals surface area contributed by atoms with Crippen molar-refractivity contribution in [1.29, 1.82) is 0 Å². The smallest absolute Gasteiger partial charge is 0.261 e. The zero-order valence-electron chi connectivity index (χ0n) is 31.5. The van der Waals surface area contributed by atoms with E-state index in [0.717, 1.165) is 79.3 Å². The molecule has 0 aliphatic carbocycles. The molecule has 0 bridgehead atoms. The third-order valence-electron chi connectivity index (χ3n) is 8.80. The van der Waals surface area contributed by atoms with E-state index in [9.17, 15) is 4.79 Å². The normalized spacial score (nSPS) is 13.9. The fraction of sp³-hybridized carbons (Fsp3) is 0.286. The Morgan fingerprint density at radius 1 is 1.04 bits per heavy atom. The Balaban J connectivity index is 0.000000419. The Bertz CT molecular complexity index is 2020. The number of nitrogens with one attached hydrogen (secondary N) is 3. The molecule has 5 heterocycles. The van der Waals surface area contributed by atoms with Gasteiger partial charge in [-0.1, -0.05) is 73.4 Å². The minimum atomic E-state index is -0.162. The second kappa shape index (κ2) is 20.0. The number of H-pyrrole nitrogens is 2. The predicted molar refractivity (Wildman–Crippen MR) is 227 cm³/mol. The molecule has 2 aliphatic heterocycles. The van der Waals surface area contributed by atoms with Gasteiger partial charge in [0.25, 0.3) is 5.56 Å². The van der Waals surface area contributed by atoms with Crippen molar-refractivity contribution >= 4 is 46.5 Å². The number of benzene rings is 2. The van der Waals surface area contributed by atoms with E-state index in [4.69, 9.17) is 9.54 Å². The number of rotatable bonds is 9. The van der Waals surface area contributed by atoms with Crippen LogP contribution >= 0.6 is 12.0 Å². The van der Waals surface area contributed by atoms with Gasteiger partial charge >= 0.3 is 0 Å². The first-order chi connectivity index (χ1) is 25.7. The molecule has 0 unspecified atom stereocenters. The van der Waals surface area contributed by atoms with Gasteiger partial charge < -0.3 is 29.6 Å². The van der Waals surface area contributed by atoms with E-state index in [1.165, 1.54) is 16.8 Å². The minimum Gasteiger partial charge on any atom is -0.384 e. The van der Waals surface area contributed by atoms with Crippen LogP contribution in [0, 0.1) is 19.3 Å². The maximum absolute atomic E-state index is 13.0. The number of allylic oxidation sites excluding steroid dienone is 4. The summed E-state index contributed by atoms with van der Waals surface area (Å²) < 4.78 is 7.49. The van der Waals surface area contributed by atoms with Gasteiger partial charge in [0.1, 0.15) is 17.2 Å². The summed E-state index contributed by atoms with van der Waals surface area (Å²) in [6.45, 7) is 17.9. The van der Waals surface area contributed by atoms with Crippen LogP contribution in [0.15, 0.2) is 120 Å². The first-order valence-electron chi connectivity index (χ1n) is 17.6. The summed E-state index contributed by atoms with van der Waals surface area (Å²) in [7, 11) is 1.71. The number of pyridine rings is 2. The first-order valence-corrected chi connectivity index (χ1v) is 18.8. The van der Waals surface area contributed by atoms with Crippen LogP contribution in [-0.2, 0) is 6.42 Å².